The molecule has 0 atom stereocenters. The molecule has 0 bridgehead atoms. The Morgan fingerprint density at radius 2 is 1.83 bits per heavy atom. The van der Waals surface area contributed by atoms with Gasteiger partial charge in [0.1, 0.15) is 11.3 Å². The Kier molecular flexibility index (Phi) is 6.61. The molecule has 8 heteroatoms. The lowest BCUT2D eigenvalue weighted by Crippen LogP contribution is -2.20. The van der Waals surface area contributed by atoms with Crippen LogP contribution in [0, 0.1) is 6.92 Å². The van der Waals surface area contributed by atoms with Crippen molar-refractivity contribution >= 4 is 33.7 Å². The van der Waals surface area contributed by atoms with Crippen LogP contribution in [0.25, 0.3) is 28.1 Å². The number of fused-ring (bicyclic) bond motifs is 1. The maximum atomic E-state index is 13.5. The minimum atomic E-state index is -0.168. The number of para-hydroxylation sites is 2. The van der Waals surface area contributed by atoms with Gasteiger partial charge in [0.05, 0.1) is 11.4 Å². The SMILES string of the molecule is CCCCC(C)=Nn1c(-c2cc3ccccc3o2)csc1=Nc1c(C)n(C)n(-c2ccccc2)c1=O. The van der Waals surface area contributed by atoms with Gasteiger partial charge in [0.2, 0.25) is 4.80 Å². The largest absolute Gasteiger partial charge is 0.454 e. The summed E-state index contributed by atoms with van der Waals surface area (Å²) in [7, 11) is 1.87. The summed E-state index contributed by atoms with van der Waals surface area (Å²) < 4.78 is 11.4. The molecule has 0 saturated heterocycles. The zero-order valence-corrected chi connectivity index (χ0v) is 21.7. The molecule has 0 fully saturated rings. The molecule has 0 amide bonds. The van der Waals surface area contributed by atoms with Gasteiger partial charge in [-0.2, -0.15) is 5.10 Å². The maximum absolute atomic E-state index is 13.5. The Labute approximate surface area is 213 Å². The van der Waals surface area contributed by atoms with Gasteiger partial charge in [0, 0.05) is 23.5 Å². The Bertz CT molecular complexity index is 1650. The second-order valence-electron chi connectivity index (χ2n) is 8.82. The average Bonchev–Trinajstić information content (AvgIpc) is 3.54. The summed E-state index contributed by atoms with van der Waals surface area (Å²) >= 11 is 1.44. The van der Waals surface area contributed by atoms with Gasteiger partial charge in [-0.25, -0.2) is 14.4 Å². The summed E-state index contributed by atoms with van der Waals surface area (Å²) in [5, 5.41) is 7.94. The minimum Gasteiger partial charge on any atom is -0.454 e. The first-order chi connectivity index (χ1) is 17.5. The van der Waals surface area contributed by atoms with Crippen LogP contribution in [0.2, 0.25) is 0 Å². The highest BCUT2D eigenvalue weighted by Gasteiger charge is 2.18. The fourth-order valence-electron chi connectivity index (χ4n) is 4.18. The average molecular weight is 500 g/mol. The second kappa shape index (κ2) is 9.99. The summed E-state index contributed by atoms with van der Waals surface area (Å²) in [5.74, 6) is 0.715. The van der Waals surface area contributed by atoms with Crippen molar-refractivity contribution in [3.63, 3.8) is 0 Å². The number of unbranched alkanes of at least 4 members (excludes halogenated alkanes) is 1. The molecule has 0 aliphatic heterocycles. The quantitative estimate of drug-likeness (QED) is 0.243. The molecule has 3 aromatic heterocycles. The van der Waals surface area contributed by atoms with Crippen LogP contribution in [0.4, 0.5) is 5.69 Å². The zero-order valence-electron chi connectivity index (χ0n) is 20.9. The molecule has 0 saturated carbocycles. The normalized spacial score (nSPS) is 12.7. The molecule has 5 aromatic rings. The van der Waals surface area contributed by atoms with Crippen LogP contribution >= 0.6 is 11.3 Å². The van der Waals surface area contributed by atoms with Gasteiger partial charge in [-0.05, 0) is 51.0 Å². The van der Waals surface area contributed by atoms with Gasteiger partial charge in [-0.15, -0.1) is 11.3 Å². The van der Waals surface area contributed by atoms with E-state index in [-0.39, 0.29) is 5.56 Å². The molecule has 0 aliphatic carbocycles. The third kappa shape index (κ3) is 4.40. The van der Waals surface area contributed by atoms with Crippen molar-refractivity contribution < 1.29 is 4.42 Å². The third-order valence-corrected chi connectivity index (χ3v) is 7.07. The lowest BCUT2D eigenvalue weighted by atomic mass is 10.2. The van der Waals surface area contributed by atoms with E-state index in [1.165, 1.54) is 11.3 Å². The van der Waals surface area contributed by atoms with E-state index in [9.17, 15) is 4.79 Å². The Balaban J connectivity index is 1.70. The summed E-state index contributed by atoms with van der Waals surface area (Å²) in [4.78, 5) is 19.0. The number of thiazole rings is 1. The van der Waals surface area contributed by atoms with E-state index in [1.54, 1.807) is 4.68 Å². The van der Waals surface area contributed by atoms with Gasteiger partial charge >= 0.3 is 0 Å². The van der Waals surface area contributed by atoms with Gasteiger partial charge in [0.15, 0.2) is 11.4 Å². The molecular formula is C28H29N5O2S. The zero-order chi connectivity index (χ0) is 25.2. The number of nitrogens with zero attached hydrogens (tertiary/aromatic N) is 5. The lowest BCUT2D eigenvalue weighted by molar-refractivity contribution is 0.621. The first-order valence-electron chi connectivity index (χ1n) is 12.1. The highest BCUT2D eigenvalue weighted by atomic mass is 32.1. The third-order valence-electron chi connectivity index (χ3n) is 6.26. The predicted octanol–water partition coefficient (Wildman–Crippen LogP) is 6.41. The van der Waals surface area contributed by atoms with Crippen LogP contribution in [-0.2, 0) is 7.05 Å². The molecule has 0 N–H and O–H groups in total. The Morgan fingerprint density at radius 1 is 1.08 bits per heavy atom. The molecule has 2 aromatic carbocycles. The maximum Gasteiger partial charge on any atom is 0.297 e. The van der Waals surface area contributed by atoms with Crippen molar-refractivity contribution in [3.05, 3.63) is 86.9 Å². The molecular weight excluding hydrogens is 470 g/mol. The van der Waals surface area contributed by atoms with E-state index in [2.05, 4.69) is 6.92 Å². The standard InChI is InChI=1S/C28H29N5O2S/c1-5-6-12-19(2)30-32-23(25-17-21-13-10-11-16-24(21)35-25)18-36-28(32)29-26-20(3)31(4)33(27(26)34)22-14-8-7-9-15-22/h7-11,13-18H,5-6,12H2,1-4H3. The summed E-state index contributed by atoms with van der Waals surface area (Å²) in [6.07, 6.45) is 3.05. The first kappa shape index (κ1) is 23.8. The number of hydrogen-bond acceptors (Lipinski definition) is 5. The topological polar surface area (TPSA) is 69.7 Å². The molecule has 5 rings (SSSR count). The van der Waals surface area contributed by atoms with Crippen molar-refractivity contribution in [1.82, 2.24) is 14.0 Å². The number of furan rings is 1. The first-order valence-corrected chi connectivity index (χ1v) is 13.0. The van der Waals surface area contributed by atoms with Crippen molar-refractivity contribution in [1.29, 1.82) is 0 Å². The van der Waals surface area contributed by atoms with E-state index in [0.717, 1.165) is 53.0 Å². The fraction of sp³-hybridized carbons (Fsp3) is 0.250. The molecule has 7 nitrogen and oxygen atoms in total. The monoisotopic (exact) mass is 499 g/mol. The molecule has 0 spiro atoms. The van der Waals surface area contributed by atoms with Crippen molar-refractivity contribution in [2.24, 2.45) is 17.1 Å². The van der Waals surface area contributed by atoms with E-state index < -0.39 is 0 Å². The lowest BCUT2D eigenvalue weighted by Gasteiger charge is -2.07. The second-order valence-corrected chi connectivity index (χ2v) is 9.66. The van der Waals surface area contributed by atoms with E-state index in [1.807, 2.05) is 96.3 Å². The highest BCUT2D eigenvalue weighted by molar-refractivity contribution is 7.07. The number of benzene rings is 2. The van der Waals surface area contributed by atoms with Crippen LogP contribution in [0.3, 0.4) is 0 Å². The van der Waals surface area contributed by atoms with Gasteiger partial charge in [-0.3, -0.25) is 9.48 Å². The van der Waals surface area contributed by atoms with Crippen molar-refractivity contribution in [2.45, 2.75) is 40.0 Å². The van der Waals surface area contributed by atoms with Gasteiger partial charge in [0.25, 0.3) is 5.56 Å². The number of rotatable bonds is 7. The molecule has 0 aliphatic rings. The summed E-state index contributed by atoms with van der Waals surface area (Å²) in [5.41, 5.74) is 4.43. The smallest absolute Gasteiger partial charge is 0.297 e. The molecule has 0 radical (unpaired) electrons. The van der Waals surface area contributed by atoms with Crippen molar-refractivity contribution in [3.8, 4) is 17.1 Å². The molecule has 3 heterocycles. The molecule has 36 heavy (non-hydrogen) atoms. The van der Waals surface area contributed by atoms with Crippen LogP contribution in [0.1, 0.15) is 38.8 Å². The van der Waals surface area contributed by atoms with Gasteiger partial charge < -0.3 is 4.42 Å². The van der Waals surface area contributed by atoms with E-state index >= 15 is 0 Å². The van der Waals surface area contributed by atoms with Crippen LogP contribution in [0.5, 0.6) is 0 Å². The highest BCUT2D eigenvalue weighted by Crippen LogP contribution is 2.28. The Hall–Kier alpha value is -3.91. The van der Waals surface area contributed by atoms with Gasteiger partial charge in [-0.1, -0.05) is 49.7 Å². The number of aromatic nitrogens is 3. The fourth-order valence-corrected chi connectivity index (χ4v) is 5.00. The van der Waals surface area contributed by atoms with Crippen LogP contribution in [0.15, 0.2) is 85.3 Å². The van der Waals surface area contributed by atoms with Crippen molar-refractivity contribution in [2.75, 3.05) is 0 Å². The number of hydrogen-bond donors (Lipinski definition) is 0. The molecule has 184 valence electrons. The van der Waals surface area contributed by atoms with E-state index in [4.69, 9.17) is 14.5 Å². The Morgan fingerprint density at radius 3 is 2.58 bits per heavy atom. The minimum absolute atomic E-state index is 0.168. The summed E-state index contributed by atoms with van der Waals surface area (Å²) in [6.45, 7) is 6.11. The van der Waals surface area contributed by atoms with Crippen LogP contribution < -0.4 is 10.4 Å². The molecule has 0 unspecified atom stereocenters. The van der Waals surface area contributed by atoms with Crippen LogP contribution in [-0.4, -0.2) is 19.8 Å². The summed E-state index contributed by atoms with van der Waals surface area (Å²) in [6, 6.07) is 19.5. The van der Waals surface area contributed by atoms with E-state index in [0.29, 0.717) is 16.2 Å². The predicted molar refractivity (Wildman–Crippen MR) is 147 cm³/mol.